The van der Waals surface area contributed by atoms with Crippen LogP contribution < -0.4 is 5.32 Å². The predicted octanol–water partition coefficient (Wildman–Crippen LogP) is 2.61. The number of fused-ring (bicyclic) bond motifs is 3. The summed E-state index contributed by atoms with van der Waals surface area (Å²) in [6.45, 7) is 1.83. The third-order valence-electron chi connectivity index (χ3n) is 3.25. The van der Waals surface area contributed by atoms with Gasteiger partial charge in [-0.3, -0.25) is 9.89 Å². The number of hydrogen-bond acceptors (Lipinski definition) is 2. The second-order valence-corrected chi connectivity index (χ2v) is 5.10. The maximum atomic E-state index is 12.7. The van der Waals surface area contributed by atoms with Gasteiger partial charge >= 0.3 is 6.18 Å². The van der Waals surface area contributed by atoms with Crippen LogP contribution in [0, 0.1) is 0 Å². The molecule has 2 aliphatic rings. The van der Waals surface area contributed by atoms with Gasteiger partial charge in [-0.05, 0) is 31.5 Å². The molecule has 2 aliphatic carbocycles. The number of alkyl halides is 3. The van der Waals surface area contributed by atoms with Crippen molar-refractivity contribution in [1.29, 1.82) is 0 Å². The number of amides is 1. The quantitative estimate of drug-likeness (QED) is 0.751. The molecule has 3 rings (SSSR count). The lowest BCUT2D eigenvalue weighted by molar-refractivity contribution is -0.182. The summed E-state index contributed by atoms with van der Waals surface area (Å²) in [5, 5.41) is 8.97. The Morgan fingerprint density at radius 1 is 1.32 bits per heavy atom. The molecule has 0 unspecified atom stereocenters. The molecule has 0 atom stereocenters. The molecule has 0 saturated carbocycles. The molecule has 0 aromatic carbocycles. The van der Waals surface area contributed by atoms with Gasteiger partial charge < -0.3 is 5.32 Å². The van der Waals surface area contributed by atoms with E-state index in [1.807, 2.05) is 11.4 Å². The van der Waals surface area contributed by atoms with Crippen LogP contribution in [-0.4, -0.2) is 27.8 Å². The van der Waals surface area contributed by atoms with Gasteiger partial charge in [0.2, 0.25) is 0 Å². The van der Waals surface area contributed by atoms with Crippen LogP contribution in [0.25, 0.3) is 22.0 Å². The summed E-state index contributed by atoms with van der Waals surface area (Å²) in [4.78, 5) is 11.9. The monoisotopic (exact) mass is 269 g/mol. The van der Waals surface area contributed by atoms with Crippen LogP contribution in [-0.2, 0) is 0 Å². The van der Waals surface area contributed by atoms with Crippen molar-refractivity contribution in [3.05, 3.63) is 17.8 Å². The first-order valence-electron chi connectivity index (χ1n) is 5.62. The van der Waals surface area contributed by atoms with E-state index in [4.69, 9.17) is 0 Å². The molecule has 1 amide bonds. The zero-order valence-electron chi connectivity index (χ0n) is 10.1. The van der Waals surface area contributed by atoms with Crippen molar-refractivity contribution in [2.24, 2.45) is 0 Å². The van der Waals surface area contributed by atoms with E-state index in [2.05, 4.69) is 10.2 Å². The van der Waals surface area contributed by atoms with Gasteiger partial charge in [0, 0.05) is 10.9 Å². The number of carbonyl (C=O) groups excluding carboxylic acids is 1. The highest BCUT2D eigenvalue weighted by molar-refractivity contribution is 6.14. The molecule has 0 radical (unpaired) electrons. The number of H-pyrrole nitrogens is 1. The minimum Gasteiger partial charge on any atom is -0.337 e. The fourth-order valence-electron chi connectivity index (χ4n) is 1.89. The Hall–Kier alpha value is -2.05. The molecule has 1 heterocycles. The zero-order chi connectivity index (χ0) is 14.0. The van der Waals surface area contributed by atoms with E-state index >= 15 is 0 Å². The largest absolute Gasteiger partial charge is 0.410 e. The second kappa shape index (κ2) is 3.28. The molecular formula is C12H10F3N3O. The molecule has 4 nitrogen and oxygen atoms in total. The summed E-state index contributed by atoms with van der Waals surface area (Å²) in [5.41, 5.74) is 0.324. The van der Waals surface area contributed by atoms with Crippen molar-refractivity contribution < 1.29 is 18.0 Å². The van der Waals surface area contributed by atoms with E-state index in [0.717, 1.165) is 25.0 Å². The Balaban J connectivity index is 1.90. The highest BCUT2D eigenvalue weighted by Crippen LogP contribution is 2.43. The van der Waals surface area contributed by atoms with Crippen LogP contribution in [0.4, 0.5) is 13.2 Å². The summed E-state index contributed by atoms with van der Waals surface area (Å²) in [6.07, 6.45) is -4.52. The third kappa shape index (κ3) is 1.68. The molecule has 0 saturated heterocycles. The van der Waals surface area contributed by atoms with E-state index in [9.17, 15) is 18.0 Å². The Kier molecular flexibility index (Phi) is 2.08. The van der Waals surface area contributed by atoms with E-state index in [1.54, 1.807) is 6.07 Å². The Morgan fingerprint density at radius 2 is 2.00 bits per heavy atom. The van der Waals surface area contributed by atoms with Crippen molar-refractivity contribution in [3.8, 4) is 11.1 Å². The van der Waals surface area contributed by atoms with Crippen LogP contribution in [0.2, 0.25) is 0 Å². The zero-order valence-corrected chi connectivity index (χ0v) is 10.1. The van der Waals surface area contributed by atoms with Gasteiger partial charge in [0.15, 0.2) is 0 Å². The van der Waals surface area contributed by atoms with Gasteiger partial charge in [-0.25, -0.2) is 0 Å². The highest BCUT2D eigenvalue weighted by atomic mass is 19.4. The second-order valence-electron chi connectivity index (χ2n) is 5.10. The molecule has 1 aromatic heterocycles. The summed E-state index contributed by atoms with van der Waals surface area (Å²) in [7, 11) is 0. The fourth-order valence-corrected chi connectivity index (χ4v) is 1.89. The van der Waals surface area contributed by atoms with Crippen LogP contribution in [0.3, 0.4) is 0 Å². The number of carbonyl (C=O) groups is 1. The summed E-state index contributed by atoms with van der Waals surface area (Å²) < 4.78 is 38.2. The van der Waals surface area contributed by atoms with Crippen LogP contribution in [0.1, 0.15) is 24.3 Å². The molecule has 19 heavy (non-hydrogen) atoms. The number of hydrogen-bond donors (Lipinski definition) is 2. The van der Waals surface area contributed by atoms with Gasteiger partial charge in [0.1, 0.15) is 16.7 Å². The smallest absolute Gasteiger partial charge is 0.337 e. The van der Waals surface area contributed by atoms with Crippen molar-refractivity contribution in [1.82, 2.24) is 15.5 Å². The van der Waals surface area contributed by atoms with Crippen LogP contribution in [0.15, 0.2) is 12.1 Å². The van der Waals surface area contributed by atoms with Gasteiger partial charge in [0.25, 0.3) is 5.91 Å². The topological polar surface area (TPSA) is 57.8 Å². The lowest BCUT2D eigenvalue weighted by Crippen LogP contribution is -2.54. The average Bonchev–Trinajstić information content (AvgIpc) is 2.75. The number of nitrogens with zero attached hydrogens (tertiary/aromatic N) is 1. The molecule has 0 bridgehead atoms. The van der Waals surface area contributed by atoms with E-state index in [1.165, 1.54) is 0 Å². The number of aromatic nitrogens is 2. The van der Waals surface area contributed by atoms with Crippen LogP contribution >= 0.6 is 0 Å². The number of benzene rings is 1. The molecule has 1 aromatic rings. The Bertz CT molecular complexity index is 700. The van der Waals surface area contributed by atoms with Gasteiger partial charge in [-0.2, -0.15) is 18.3 Å². The molecule has 100 valence electrons. The maximum Gasteiger partial charge on any atom is 0.410 e. The van der Waals surface area contributed by atoms with Crippen molar-refractivity contribution in [2.75, 3.05) is 0 Å². The van der Waals surface area contributed by atoms with Crippen LogP contribution in [0.5, 0.6) is 0 Å². The van der Waals surface area contributed by atoms with E-state index in [-0.39, 0.29) is 5.69 Å². The molecule has 0 spiro atoms. The molecule has 0 aliphatic heterocycles. The van der Waals surface area contributed by atoms with Crippen molar-refractivity contribution in [2.45, 2.75) is 25.6 Å². The van der Waals surface area contributed by atoms with Crippen molar-refractivity contribution in [3.63, 3.8) is 0 Å². The maximum absolute atomic E-state index is 12.7. The molecular weight excluding hydrogens is 259 g/mol. The van der Waals surface area contributed by atoms with Gasteiger partial charge in [-0.1, -0.05) is 0 Å². The molecule has 0 fully saturated rings. The summed E-state index contributed by atoms with van der Waals surface area (Å²) in [5.74, 6) is -0.810. The SMILES string of the molecule is CC(C)(NC(=O)c1[nH]nc2c3cc-3cc12)C(F)(F)F. The molecule has 2 N–H and O–H groups in total. The first-order valence-corrected chi connectivity index (χ1v) is 5.62. The fraction of sp³-hybridized carbons (Fsp3) is 0.333. The van der Waals surface area contributed by atoms with Gasteiger partial charge in [0.05, 0.1) is 0 Å². The van der Waals surface area contributed by atoms with E-state index in [0.29, 0.717) is 10.9 Å². The number of aromatic amines is 1. The minimum atomic E-state index is -4.52. The number of halogens is 3. The van der Waals surface area contributed by atoms with E-state index < -0.39 is 17.6 Å². The highest BCUT2D eigenvalue weighted by Gasteiger charge is 2.48. The first-order chi connectivity index (χ1) is 8.71. The molecule has 7 heteroatoms. The Labute approximate surface area is 106 Å². The predicted molar refractivity (Wildman–Crippen MR) is 62.7 cm³/mol. The number of nitrogens with one attached hydrogen (secondary N) is 2. The minimum absolute atomic E-state index is 0.0629. The lowest BCUT2D eigenvalue weighted by Gasteiger charge is -2.28. The number of rotatable bonds is 2. The van der Waals surface area contributed by atoms with Gasteiger partial charge in [-0.15, -0.1) is 0 Å². The standard InChI is InChI=1S/C12H10F3N3O/c1-11(2,12(13,14)15)16-10(19)9-7-4-5-3-6(5)8(7)17-18-9/h3-4H,1-2H3,(H,16,19)(H,17,18). The lowest BCUT2D eigenvalue weighted by atomic mass is 10.0. The van der Waals surface area contributed by atoms with Crippen molar-refractivity contribution >= 4 is 16.8 Å². The average molecular weight is 269 g/mol. The normalized spacial score (nSPS) is 13.7. The summed E-state index contributed by atoms with van der Waals surface area (Å²) in [6, 6.07) is 3.63. The third-order valence-corrected chi connectivity index (χ3v) is 3.25. The first kappa shape index (κ1) is 12.0. The Morgan fingerprint density at radius 3 is 2.63 bits per heavy atom. The summed E-state index contributed by atoms with van der Waals surface area (Å²) >= 11 is 0.